The average Bonchev–Trinajstić information content (AvgIpc) is 3.52. The second-order valence-corrected chi connectivity index (χ2v) is 9.91. The van der Waals surface area contributed by atoms with Crippen LogP contribution in [0.15, 0.2) is 6.07 Å². The van der Waals surface area contributed by atoms with E-state index in [9.17, 15) is 9.59 Å². The molecule has 1 aromatic carbocycles. The van der Waals surface area contributed by atoms with Gasteiger partial charge in [-0.3, -0.25) is 4.79 Å². The molecule has 2 heterocycles. The summed E-state index contributed by atoms with van der Waals surface area (Å²) in [5, 5.41) is 3.74. The number of anilines is 2. The quantitative estimate of drug-likeness (QED) is 0.689. The summed E-state index contributed by atoms with van der Waals surface area (Å²) in [5.74, 6) is -0.129. The van der Waals surface area contributed by atoms with E-state index in [1.165, 1.54) is 22.3 Å². The van der Waals surface area contributed by atoms with E-state index in [-0.39, 0.29) is 17.0 Å². The molecule has 5 rings (SSSR count). The minimum atomic E-state index is -0.488. The van der Waals surface area contributed by atoms with Crippen molar-refractivity contribution in [3.63, 3.8) is 0 Å². The highest BCUT2D eigenvalue weighted by atomic mass is 32.1. The molecule has 1 saturated heterocycles. The molecule has 2 aliphatic carbocycles. The van der Waals surface area contributed by atoms with Gasteiger partial charge in [0.2, 0.25) is 5.01 Å². The van der Waals surface area contributed by atoms with E-state index in [4.69, 9.17) is 9.47 Å². The first kappa shape index (κ1) is 21.4. The summed E-state index contributed by atoms with van der Waals surface area (Å²) in [7, 11) is 0. The van der Waals surface area contributed by atoms with E-state index in [2.05, 4.69) is 16.4 Å². The molecule has 32 heavy (non-hydrogen) atoms. The number of thiazole rings is 1. The summed E-state index contributed by atoms with van der Waals surface area (Å²) >= 11 is 1.12. The van der Waals surface area contributed by atoms with Gasteiger partial charge < -0.3 is 19.7 Å². The number of morpholine rings is 1. The number of carbonyl (C=O) groups is 2. The molecule has 1 N–H and O–H groups in total. The van der Waals surface area contributed by atoms with E-state index < -0.39 is 5.97 Å². The second kappa shape index (κ2) is 8.83. The molecule has 0 atom stereocenters. The van der Waals surface area contributed by atoms with Crippen LogP contribution in [0.2, 0.25) is 0 Å². The zero-order valence-corrected chi connectivity index (χ0v) is 19.5. The molecule has 0 saturated carbocycles. The van der Waals surface area contributed by atoms with E-state index in [0.717, 1.165) is 55.5 Å². The molecule has 0 unspecified atom stereocenters. The van der Waals surface area contributed by atoms with Gasteiger partial charge in [-0.25, -0.2) is 9.78 Å². The van der Waals surface area contributed by atoms with Gasteiger partial charge in [0, 0.05) is 18.8 Å². The lowest BCUT2D eigenvalue weighted by Gasteiger charge is -2.26. The van der Waals surface area contributed by atoms with Gasteiger partial charge in [0.1, 0.15) is 4.88 Å². The Balaban J connectivity index is 1.54. The van der Waals surface area contributed by atoms with Gasteiger partial charge in [0.25, 0.3) is 5.91 Å². The smallest absolute Gasteiger partial charge is 0.367 e. The maximum absolute atomic E-state index is 13.4. The summed E-state index contributed by atoms with van der Waals surface area (Å²) < 4.78 is 10.8. The third kappa shape index (κ3) is 4.01. The lowest BCUT2D eigenvalue weighted by Crippen LogP contribution is -2.40. The highest BCUT2D eigenvalue weighted by molar-refractivity contribution is 7.16. The predicted molar refractivity (Wildman–Crippen MR) is 123 cm³/mol. The van der Waals surface area contributed by atoms with Crippen molar-refractivity contribution >= 4 is 34.7 Å². The molecule has 0 radical (unpaired) electrons. The summed E-state index contributed by atoms with van der Waals surface area (Å²) in [6.45, 7) is 5.74. The maximum Gasteiger partial charge on any atom is 0.367 e. The monoisotopic (exact) mass is 455 g/mol. The Hall–Kier alpha value is -2.45. The summed E-state index contributed by atoms with van der Waals surface area (Å²) in [5.41, 5.74) is 6.61. The Morgan fingerprint density at radius 2 is 1.75 bits per heavy atom. The highest BCUT2D eigenvalue weighted by Crippen LogP contribution is 2.41. The Kier molecular flexibility index (Phi) is 5.90. The molecular formula is C24H29N3O4S. The van der Waals surface area contributed by atoms with Gasteiger partial charge in [-0.15, -0.1) is 0 Å². The van der Waals surface area contributed by atoms with Crippen molar-refractivity contribution in [3.05, 3.63) is 38.2 Å². The van der Waals surface area contributed by atoms with E-state index in [0.29, 0.717) is 37.0 Å². The number of rotatable bonds is 5. The van der Waals surface area contributed by atoms with Crippen LogP contribution in [0.4, 0.5) is 11.5 Å². The molecule has 1 aromatic heterocycles. The van der Waals surface area contributed by atoms with Crippen molar-refractivity contribution in [3.8, 4) is 0 Å². The van der Waals surface area contributed by atoms with Crippen molar-refractivity contribution < 1.29 is 19.1 Å². The minimum absolute atomic E-state index is 0.110. The number of hydrogen-bond acceptors (Lipinski definition) is 7. The minimum Gasteiger partial charge on any atom is -0.458 e. The zero-order chi connectivity index (χ0) is 22.2. The number of hydrogen-bond donors (Lipinski definition) is 1. The van der Waals surface area contributed by atoms with Crippen LogP contribution < -0.4 is 5.32 Å². The van der Waals surface area contributed by atoms with E-state index in [1.807, 2.05) is 0 Å². The van der Waals surface area contributed by atoms with Crippen LogP contribution in [-0.4, -0.2) is 54.2 Å². The van der Waals surface area contributed by atoms with Crippen LogP contribution in [0.5, 0.6) is 0 Å². The van der Waals surface area contributed by atoms with Crippen LogP contribution in [-0.2, 0) is 35.2 Å². The van der Waals surface area contributed by atoms with Crippen molar-refractivity contribution in [1.29, 1.82) is 0 Å². The molecule has 170 valence electrons. The number of aromatic nitrogens is 1. The summed E-state index contributed by atoms with van der Waals surface area (Å²) in [6, 6.07) is 2.38. The lowest BCUT2D eigenvalue weighted by atomic mass is 9.98. The van der Waals surface area contributed by atoms with Crippen molar-refractivity contribution in [2.45, 2.75) is 58.5 Å². The molecular weight excluding hydrogens is 426 g/mol. The number of nitrogens with zero attached hydrogens (tertiary/aromatic N) is 2. The normalized spacial score (nSPS) is 17.4. The summed E-state index contributed by atoms with van der Waals surface area (Å²) in [4.78, 5) is 32.8. The van der Waals surface area contributed by atoms with E-state index >= 15 is 0 Å². The average molecular weight is 456 g/mol. The summed E-state index contributed by atoms with van der Waals surface area (Å²) in [6.07, 6.45) is 6.31. The van der Waals surface area contributed by atoms with Crippen LogP contribution >= 0.6 is 11.3 Å². The third-order valence-electron chi connectivity index (χ3n) is 6.35. The molecule has 7 nitrogen and oxygen atoms in total. The predicted octanol–water partition coefficient (Wildman–Crippen LogP) is 3.90. The fraction of sp³-hybridized carbons (Fsp3) is 0.542. The Labute approximate surface area is 192 Å². The number of ether oxygens (including phenoxy) is 2. The maximum atomic E-state index is 13.4. The molecule has 3 aliphatic rings. The van der Waals surface area contributed by atoms with Crippen molar-refractivity contribution in [1.82, 2.24) is 9.88 Å². The van der Waals surface area contributed by atoms with Gasteiger partial charge in [0.05, 0.1) is 19.3 Å². The molecule has 8 heteroatoms. The van der Waals surface area contributed by atoms with Crippen molar-refractivity contribution in [2.24, 2.45) is 0 Å². The van der Waals surface area contributed by atoms with Gasteiger partial charge >= 0.3 is 5.97 Å². The largest absolute Gasteiger partial charge is 0.458 e. The molecule has 2 aromatic rings. The van der Waals surface area contributed by atoms with Crippen LogP contribution in [0, 0.1) is 0 Å². The molecule has 1 amide bonds. The first-order valence-electron chi connectivity index (χ1n) is 11.5. The molecule has 0 bridgehead atoms. The number of benzene rings is 1. The molecule has 0 spiro atoms. The fourth-order valence-electron chi connectivity index (χ4n) is 4.90. The molecule has 1 aliphatic heterocycles. The number of carbonyl (C=O) groups excluding carboxylic acids is 2. The number of amides is 1. The Morgan fingerprint density at radius 1 is 1.09 bits per heavy atom. The SMILES string of the molecule is CC(C)OC(=O)c1nc(Nc2c3c(cc4c2CCC4)CCC3)c(C(=O)N2CCOCC2)s1. The first-order chi connectivity index (χ1) is 15.5. The number of aryl methyl sites for hydroxylation is 2. The molecule has 1 fully saturated rings. The van der Waals surface area contributed by atoms with E-state index in [1.54, 1.807) is 18.7 Å². The number of fused-ring (bicyclic) bond motifs is 2. The van der Waals surface area contributed by atoms with Crippen molar-refractivity contribution in [2.75, 3.05) is 31.6 Å². The van der Waals surface area contributed by atoms with Gasteiger partial charge in [-0.05, 0) is 74.6 Å². The second-order valence-electron chi connectivity index (χ2n) is 8.91. The topological polar surface area (TPSA) is 80.8 Å². The standard InChI is InChI=1S/C24H29N3O4S/c1-14(2)31-24(29)22-26-21(20(32-22)23(28)27-9-11-30-12-10-27)25-19-17-7-3-5-15(17)13-16-6-4-8-18(16)19/h13-14,25H,3-12H2,1-2H3. The number of nitrogens with one attached hydrogen (secondary N) is 1. The van der Waals surface area contributed by atoms with Crippen LogP contribution in [0.1, 0.15) is 68.4 Å². The highest BCUT2D eigenvalue weighted by Gasteiger charge is 2.30. The Bertz CT molecular complexity index is 1020. The zero-order valence-electron chi connectivity index (χ0n) is 18.7. The number of esters is 1. The first-order valence-corrected chi connectivity index (χ1v) is 12.3. The van der Waals surface area contributed by atoms with Gasteiger partial charge in [-0.2, -0.15) is 0 Å². The third-order valence-corrected chi connectivity index (χ3v) is 7.38. The Morgan fingerprint density at radius 3 is 2.38 bits per heavy atom. The lowest BCUT2D eigenvalue weighted by molar-refractivity contribution is 0.0306. The van der Waals surface area contributed by atoms with Gasteiger partial charge in [-0.1, -0.05) is 17.4 Å². The van der Waals surface area contributed by atoms with Gasteiger partial charge in [0.15, 0.2) is 5.82 Å². The van der Waals surface area contributed by atoms with Crippen LogP contribution in [0.3, 0.4) is 0 Å². The fourth-order valence-corrected chi connectivity index (χ4v) is 5.77. The van der Waals surface area contributed by atoms with Crippen LogP contribution in [0.25, 0.3) is 0 Å².